The van der Waals surface area contributed by atoms with E-state index in [1.165, 1.54) is 35.6 Å². The van der Waals surface area contributed by atoms with Gasteiger partial charge in [0.05, 0.1) is 6.26 Å². The zero-order chi connectivity index (χ0) is 24.9. The van der Waals surface area contributed by atoms with Gasteiger partial charge in [-0.25, -0.2) is 22.5 Å². The molecule has 1 N–H and O–H groups in total. The summed E-state index contributed by atoms with van der Waals surface area (Å²) in [7, 11) is -3.75. The molecule has 34 heavy (non-hydrogen) atoms. The number of rotatable bonds is 10. The van der Waals surface area contributed by atoms with Gasteiger partial charge in [0.15, 0.2) is 5.13 Å². The Balaban J connectivity index is 1.82. The highest BCUT2D eigenvalue weighted by molar-refractivity contribution is 7.89. The number of nitrogens with zero attached hydrogens (tertiary/aromatic N) is 2. The lowest BCUT2D eigenvalue weighted by Crippen LogP contribution is -2.30. The van der Waals surface area contributed by atoms with Crippen molar-refractivity contribution in [3.8, 4) is 5.75 Å². The molecule has 12 heteroatoms. The van der Waals surface area contributed by atoms with E-state index in [9.17, 15) is 26.4 Å². The fourth-order valence-corrected chi connectivity index (χ4v) is 4.46. The van der Waals surface area contributed by atoms with E-state index in [2.05, 4.69) is 9.72 Å². The summed E-state index contributed by atoms with van der Waals surface area (Å²) in [5.74, 6) is -1.14. The lowest BCUT2D eigenvalue weighted by molar-refractivity contribution is -0.0498. The summed E-state index contributed by atoms with van der Waals surface area (Å²) < 4.78 is 67.2. The minimum Gasteiger partial charge on any atom is -0.435 e. The Morgan fingerprint density at radius 2 is 1.74 bits per heavy atom. The topological polar surface area (TPSA) is 88.6 Å². The second kappa shape index (κ2) is 10.9. The Kier molecular flexibility index (Phi) is 8.15. The minimum atomic E-state index is -3.75. The van der Waals surface area contributed by atoms with Gasteiger partial charge < -0.3 is 9.64 Å². The van der Waals surface area contributed by atoms with Crippen LogP contribution in [0.25, 0.3) is 0 Å². The van der Waals surface area contributed by atoms with Crippen LogP contribution < -0.4 is 14.4 Å². The molecular weight excluding hydrogens is 491 g/mol. The van der Waals surface area contributed by atoms with Crippen LogP contribution in [0.1, 0.15) is 26.5 Å². The molecule has 0 saturated carbocycles. The predicted octanol–water partition coefficient (Wildman–Crippen LogP) is 4.13. The summed E-state index contributed by atoms with van der Waals surface area (Å²) in [6, 6.07) is 12.2. The molecule has 1 amide bonds. The molecule has 0 saturated heterocycles. The molecule has 0 aliphatic carbocycles. The Morgan fingerprint density at radius 1 is 1.12 bits per heavy atom. The van der Waals surface area contributed by atoms with Crippen molar-refractivity contribution in [2.45, 2.75) is 26.5 Å². The second-order valence-electron chi connectivity index (χ2n) is 7.43. The molecule has 0 spiro atoms. The Labute approximate surface area is 199 Å². The average molecular weight is 514 g/mol. The summed E-state index contributed by atoms with van der Waals surface area (Å²) in [4.78, 5) is 19.1. The number of carbonyl (C=O) groups excluding carboxylic acids is 1. The first-order valence-electron chi connectivity index (χ1n) is 10.0. The molecule has 3 aromatic rings. The summed E-state index contributed by atoms with van der Waals surface area (Å²) in [5.41, 5.74) is 1.66. The molecule has 0 unspecified atom stereocenters. The van der Waals surface area contributed by atoms with E-state index >= 15 is 0 Å². The van der Waals surface area contributed by atoms with Crippen molar-refractivity contribution in [3.63, 3.8) is 0 Å². The van der Waals surface area contributed by atoms with Crippen LogP contribution in [0.5, 0.6) is 5.75 Å². The number of hydrogen-bond donors (Lipinski definition) is 1. The van der Waals surface area contributed by atoms with Crippen LogP contribution in [0, 0.1) is 12.7 Å². The molecule has 2 aromatic carbocycles. The monoisotopic (exact) mass is 513 g/mol. The van der Waals surface area contributed by atoms with Gasteiger partial charge in [-0.15, -0.1) is 11.3 Å². The SMILES string of the molecule is Cc1sc(N(CCc2ccc(OC(F)F)cc2)Cc2ccc(F)cc2)nc1C(=O)NS(C)(=O)=O. The van der Waals surface area contributed by atoms with Gasteiger partial charge in [0.1, 0.15) is 17.3 Å². The van der Waals surface area contributed by atoms with E-state index in [-0.39, 0.29) is 17.3 Å². The minimum absolute atomic E-state index is 0.00281. The van der Waals surface area contributed by atoms with Crippen LogP contribution in [0.15, 0.2) is 48.5 Å². The lowest BCUT2D eigenvalue weighted by Gasteiger charge is -2.22. The highest BCUT2D eigenvalue weighted by atomic mass is 32.2. The maximum Gasteiger partial charge on any atom is 0.387 e. The first-order valence-corrected chi connectivity index (χ1v) is 12.7. The first kappa shape index (κ1) is 25.5. The molecule has 1 aromatic heterocycles. The number of benzene rings is 2. The van der Waals surface area contributed by atoms with Crippen molar-refractivity contribution in [2.75, 3.05) is 17.7 Å². The van der Waals surface area contributed by atoms with Crippen molar-refractivity contribution in [1.82, 2.24) is 9.71 Å². The van der Waals surface area contributed by atoms with Gasteiger partial charge in [-0.05, 0) is 48.7 Å². The number of ether oxygens (including phenoxy) is 1. The van der Waals surface area contributed by atoms with Crippen molar-refractivity contribution >= 4 is 32.4 Å². The van der Waals surface area contributed by atoms with E-state index in [4.69, 9.17) is 0 Å². The molecule has 0 atom stereocenters. The smallest absolute Gasteiger partial charge is 0.387 e. The van der Waals surface area contributed by atoms with E-state index in [1.54, 1.807) is 31.2 Å². The summed E-state index contributed by atoms with van der Waals surface area (Å²) >= 11 is 1.23. The highest BCUT2D eigenvalue weighted by Crippen LogP contribution is 2.28. The van der Waals surface area contributed by atoms with Crippen LogP contribution in [-0.2, 0) is 23.0 Å². The normalized spacial score (nSPS) is 11.5. The number of halogens is 3. The Bertz CT molecular complexity index is 1230. The largest absolute Gasteiger partial charge is 0.435 e. The van der Waals surface area contributed by atoms with Crippen LogP contribution >= 0.6 is 11.3 Å². The van der Waals surface area contributed by atoms with Crippen molar-refractivity contribution in [2.24, 2.45) is 0 Å². The fraction of sp³-hybridized carbons (Fsp3) is 0.273. The number of anilines is 1. The third kappa shape index (κ3) is 7.45. The average Bonchev–Trinajstić information content (AvgIpc) is 3.13. The standard InChI is InChI=1S/C22H22F3N3O4S2/c1-14-19(20(29)27-34(2,30)31)26-22(33-14)28(13-16-3-7-17(23)8-4-16)12-11-15-5-9-18(10-6-15)32-21(24)25/h3-10,21H,11-13H2,1-2H3,(H,27,29). The second-order valence-corrected chi connectivity index (χ2v) is 10.4. The zero-order valence-corrected chi connectivity index (χ0v) is 19.9. The molecule has 182 valence electrons. The molecule has 0 bridgehead atoms. The maximum atomic E-state index is 13.3. The number of alkyl halides is 2. The zero-order valence-electron chi connectivity index (χ0n) is 18.3. The first-order chi connectivity index (χ1) is 16.0. The molecule has 0 aliphatic rings. The molecule has 1 heterocycles. The number of carbonyl (C=O) groups is 1. The van der Waals surface area contributed by atoms with E-state index in [0.717, 1.165) is 17.4 Å². The quantitative estimate of drug-likeness (QED) is 0.439. The Hall–Kier alpha value is -3.12. The number of hydrogen-bond acceptors (Lipinski definition) is 7. The van der Waals surface area contributed by atoms with E-state index in [1.807, 2.05) is 9.62 Å². The van der Waals surface area contributed by atoms with Crippen molar-refractivity contribution < 1.29 is 31.1 Å². The van der Waals surface area contributed by atoms with Gasteiger partial charge in [-0.1, -0.05) is 24.3 Å². The van der Waals surface area contributed by atoms with Gasteiger partial charge in [0, 0.05) is 18.0 Å². The van der Waals surface area contributed by atoms with Crippen molar-refractivity contribution in [1.29, 1.82) is 0 Å². The van der Waals surface area contributed by atoms with Crippen LogP contribution in [0.2, 0.25) is 0 Å². The van der Waals surface area contributed by atoms with Gasteiger partial charge in [-0.3, -0.25) is 4.79 Å². The predicted molar refractivity (Wildman–Crippen MR) is 123 cm³/mol. The summed E-state index contributed by atoms with van der Waals surface area (Å²) in [6.07, 6.45) is 1.39. The van der Waals surface area contributed by atoms with E-state index in [0.29, 0.717) is 29.5 Å². The number of aromatic nitrogens is 1. The molecular formula is C22H22F3N3O4S2. The highest BCUT2D eigenvalue weighted by Gasteiger charge is 2.21. The lowest BCUT2D eigenvalue weighted by atomic mass is 10.1. The molecule has 3 rings (SSSR count). The van der Waals surface area contributed by atoms with Gasteiger partial charge in [-0.2, -0.15) is 8.78 Å². The Morgan fingerprint density at radius 3 is 2.32 bits per heavy atom. The number of aryl methyl sites for hydroxylation is 1. The van der Waals surface area contributed by atoms with Crippen molar-refractivity contribution in [3.05, 3.63) is 76.0 Å². The van der Waals surface area contributed by atoms with E-state index < -0.39 is 22.5 Å². The third-order valence-corrected chi connectivity index (χ3v) is 6.24. The molecule has 7 nitrogen and oxygen atoms in total. The number of sulfonamides is 1. The summed E-state index contributed by atoms with van der Waals surface area (Å²) in [6.45, 7) is -0.449. The van der Waals surface area contributed by atoms with Crippen LogP contribution in [0.4, 0.5) is 18.3 Å². The number of nitrogens with one attached hydrogen (secondary N) is 1. The molecule has 0 aliphatic heterocycles. The van der Waals surface area contributed by atoms with Gasteiger partial charge >= 0.3 is 6.61 Å². The molecule has 0 radical (unpaired) electrons. The van der Waals surface area contributed by atoms with Gasteiger partial charge in [0.25, 0.3) is 5.91 Å². The third-order valence-electron chi connectivity index (χ3n) is 4.65. The number of thiazole rings is 1. The van der Waals surface area contributed by atoms with Crippen LogP contribution in [-0.4, -0.2) is 38.7 Å². The van der Waals surface area contributed by atoms with Gasteiger partial charge in [0.2, 0.25) is 10.0 Å². The van der Waals surface area contributed by atoms with Crippen LogP contribution in [0.3, 0.4) is 0 Å². The summed E-state index contributed by atoms with van der Waals surface area (Å²) in [5, 5.41) is 0.484. The maximum absolute atomic E-state index is 13.3. The molecule has 0 fully saturated rings. The number of amides is 1. The fourth-order valence-electron chi connectivity index (χ4n) is 3.10.